The molecule has 0 radical (unpaired) electrons. The van der Waals surface area contributed by atoms with Crippen molar-refractivity contribution in [3.05, 3.63) is 35.9 Å². The standard InChI is InChI=1S/C14H19NO4.ClH/c1-2-19-14(18)12(15)9-11(13(16)17)8-10-6-4-3-5-7-10;/h3-7,11-12H,2,8-9,15H2,1H3,(H,16,17);1H/t11?,12-;/m0./s1. The van der Waals surface area contributed by atoms with Gasteiger partial charge >= 0.3 is 11.9 Å². The lowest BCUT2D eigenvalue weighted by Crippen LogP contribution is -2.36. The van der Waals surface area contributed by atoms with E-state index in [0.29, 0.717) is 6.42 Å². The van der Waals surface area contributed by atoms with Gasteiger partial charge in [0.15, 0.2) is 0 Å². The van der Waals surface area contributed by atoms with Gasteiger partial charge in [0.05, 0.1) is 12.5 Å². The van der Waals surface area contributed by atoms with E-state index in [1.54, 1.807) is 6.92 Å². The third-order valence-corrected chi connectivity index (χ3v) is 2.80. The summed E-state index contributed by atoms with van der Waals surface area (Å²) in [6.07, 6.45) is 0.423. The number of nitrogens with two attached hydrogens (primary N) is 1. The van der Waals surface area contributed by atoms with Gasteiger partial charge in [-0.25, -0.2) is 0 Å². The molecule has 112 valence electrons. The predicted octanol–water partition coefficient (Wildman–Crippen LogP) is 1.63. The topological polar surface area (TPSA) is 89.6 Å². The van der Waals surface area contributed by atoms with Crippen molar-refractivity contribution < 1.29 is 19.4 Å². The van der Waals surface area contributed by atoms with E-state index in [4.69, 9.17) is 10.5 Å². The lowest BCUT2D eigenvalue weighted by molar-refractivity contribution is -0.146. The molecule has 1 aromatic rings. The van der Waals surface area contributed by atoms with E-state index >= 15 is 0 Å². The van der Waals surface area contributed by atoms with Crippen molar-refractivity contribution in [3.8, 4) is 0 Å². The third kappa shape index (κ3) is 6.04. The van der Waals surface area contributed by atoms with E-state index in [1.807, 2.05) is 30.3 Å². The fraction of sp³-hybridized carbons (Fsp3) is 0.429. The number of halogens is 1. The van der Waals surface area contributed by atoms with Crippen LogP contribution >= 0.6 is 12.4 Å². The van der Waals surface area contributed by atoms with Crippen LogP contribution in [-0.4, -0.2) is 29.7 Å². The van der Waals surface area contributed by atoms with Gasteiger partial charge in [-0.3, -0.25) is 9.59 Å². The number of aliphatic carboxylic acids is 1. The molecule has 0 amide bonds. The van der Waals surface area contributed by atoms with Gasteiger partial charge in [0.1, 0.15) is 6.04 Å². The fourth-order valence-corrected chi connectivity index (χ4v) is 1.82. The molecule has 5 nitrogen and oxygen atoms in total. The first kappa shape index (κ1) is 18.4. The van der Waals surface area contributed by atoms with E-state index in [9.17, 15) is 14.7 Å². The normalized spacial score (nSPS) is 12.9. The Morgan fingerprint density at radius 2 is 1.90 bits per heavy atom. The summed E-state index contributed by atoms with van der Waals surface area (Å²) in [5.74, 6) is -2.20. The van der Waals surface area contributed by atoms with Gasteiger partial charge in [-0.1, -0.05) is 30.3 Å². The first-order valence-electron chi connectivity index (χ1n) is 6.23. The molecule has 0 aliphatic rings. The average molecular weight is 302 g/mol. The molecule has 0 saturated carbocycles. The molecule has 0 spiro atoms. The summed E-state index contributed by atoms with van der Waals surface area (Å²) in [7, 11) is 0. The molecule has 0 aromatic heterocycles. The second kappa shape index (κ2) is 9.34. The Kier molecular flexibility index (Phi) is 8.59. The second-order valence-electron chi connectivity index (χ2n) is 4.32. The number of hydrogen-bond donors (Lipinski definition) is 2. The maximum Gasteiger partial charge on any atom is 0.322 e. The van der Waals surface area contributed by atoms with Gasteiger partial charge in [0, 0.05) is 0 Å². The van der Waals surface area contributed by atoms with Crippen LogP contribution in [0.1, 0.15) is 18.9 Å². The highest BCUT2D eigenvalue weighted by atomic mass is 35.5. The average Bonchev–Trinajstić information content (AvgIpc) is 2.39. The summed E-state index contributed by atoms with van der Waals surface area (Å²) in [5, 5.41) is 9.19. The second-order valence-corrected chi connectivity index (χ2v) is 4.32. The summed E-state index contributed by atoms with van der Waals surface area (Å²) in [6.45, 7) is 1.92. The fourth-order valence-electron chi connectivity index (χ4n) is 1.82. The van der Waals surface area contributed by atoms with Gasteiger partial charge in [-0.15, -0.1) is 12.4 Å². The number of hydrogen-bond acceptors (Lipinski definition) is 4. The molecule has 0 aliphatic carbocycles. The van der Waals surface area contributed by atoms with Crippen LogP contribution in [0.15, 0.2) is 30.3 Å². The minimum absolute atomic E-state index is 0. The minimum Gasteiger partial charge on any atom is -0.481 e. The number of rotatable bonds is 7. The van der Waals surface area contributed by atoms with Crippen molar-refractivity contribution in [3.63, 3.8) is 0 Å². The molecule has 0 aliphatic heterocycles. The van der Waals surface area contributed by atoms with Crippen molar-refractivity contribution in [2.75, 3.05) is 6.61 Å². The van der Waals surface area contributed by atoms with Crippen molar-refractivity contribution in [1.29, 1.82) is 0 Å². The largest absolute Gasteiger partial charge is 0.481 e. The number of carboxylic acids is 1. The lowest BCUT2D eigenvalue weighted by atomic mass is 9.93. The van der Waals surface area contributed by atoms with Gasteiger partial charge in [-0.05, 0) is 25.3 Å². The molecular weight excluding hydrogens is 282 g/mol. The van der Waals surface area contributed by atoms with Gasteiger partial charge in [0.2, 0.25) is 0 Å². The Morgan fingerprint density at radius 1 is 1.30 bits per heavy atom. The van der Waals surface area contributed by atoms with Crippen LogP contribution in [0, 0.1) is 5.92 Å². The number of benzene rings is 1. The van der Waals surface area contributed by atoms with E-state index in [-0.39, 0.29) is 25.4 Å². The molecule has 1 unspecified atom stereocenters. The maximum absolute atomic E-state index is 11.4. The van der Waals surface area contributed by atoms with E-state index in [2.05, 4.69) is 0 Å². The molecule has 3 N–H and O–H groups in total. The Morgan fingerprint density at radius 3 is 2.40 bits per heavy atom. The zero-order valence-electron chi connectivity index (χ0n) is 11.3. The predicted molar refractivity (Wildman–Crippen MR) is 77.7 cm³/mol. The molecule has 1 aromatic carbocycles. The summed E-state index contributed by atoms with van der Waals surface area (Å²) in [5.41, 5.74) is 6.57. The number of carbonyl (C=O) groups excluding carboxylic acids is 1. The Bertz CT molecular complexity index is 424. The molecule has 1 rings (SSSR count). The van der Waals surface area contributed by atoms with Crippen LogP contribution in [0.4, 0.5) is 0 Å². The summed E-state index contributed by atoms with van der Waals surface area (Å²) in [4.78, 5) is 22.6. The maximum atomic E-state index is 11.4. The zero-order valence-corrected chi connectivity index (χ0v) is 12.1. The smallest absolute Gasteiger partial charge is 0.322 e. The van der Waals surface area contributed by atoms with Gasteiger partial charge < -0.3 is 15.6 Å². The highest BCUT2D eigenvalue weighted by molar-refractivity contribution is 5.85. The van der Waals surface area contributed by atoms with Crippen LogP contribution in [0.2, 0.25) is 0 Å². The quantitative estimate of drug-likeness (QED) is 0.747. The zero-order chi connectivity index (χ0) is 14.3. The van der Waals surface area contributed by atoms with Gasteiger partial charge in [-0.2, -0.15) is 0 Å². The van der Waals surface area contributed by atoms with Crippen LogP contribution < -0.4 is 5.73 Å². The van der Waals surface area contributed by atoms with E-state index in [0.717, 1.165) is 5.56 Å². The van der Waals surface area contributed by atoms with Crippen LogP contribution in [0.3, 0.4) is 0 Å². The molecule has 6 heteroatoms. The van der Waals surface area contributed by atoms with Crippen LogP contribution in [-0.2, 0) is 20.7 Å². The summed E-state index contributed by atoms with van der Waals surface area (Å²) < 4.78 is 4.78. The molecule has 0 heterocycles. The number of esters is 1. The third-order valence-electron chi connectivity index (χ3n) is 2.80. The van der Waals surface area contributed by atoms with E-state index < -0.39 is 23.9 Å². The summed E-state index contributed by atoms with van der Waals surface area (Å²) in [6, 6.07) is 8.37. The van der Waals surface area contributed by atoms with Crippen LogP contribution in [0.5, 0.6) is 0 Å². The molecule has 0 fully saturated rings. The molecule has 0 bridgehead atoms. The van der Waals surface area contributed by atoms with Crippen LogP contribution in [0.25, 0.3) is 0 Å². The van der Waals surface area contributed by atoms with Gasteiger partial charge in [0.25, 0.3) is 0 Å². The van der Waals surface area contributed by atoms with Crippen molar-refractivity contribution in [2.45, 2.75) is 25.8 Å². The van der Waals surface area contributed by atoms with Crippen molar-refractivity contribution in [1.82, 2.24) is 0 Å². The SMILES string of the molecule is CCOC(=O)[C@@H](N)CC(Cc1ccccc1)C(=O)O.Cl. The number of ether oxygens (including phenoxy) is 1. The Hall–Kier alpha value is -1.59. The summed E-state index contributed by atoms with van der Waals surface area (Å²) >= 11 is 0. The Labute approximate surface area is 124 Å². The number of carbonyl (C=O) groups is 2. The molecule has 2 atom stereocenters. The Balaban J connectivity index is 0.00000361. The highest BCUT2D eigenvalue weighted by Crippen LogP contribution is 2.14. The molecular formula is C14H20ClNO4. The number of carboxylic acid groups (broad SMARTS) is 1. The van der Waals surface area contributed by atoms with Crippen molar-refractivity contribution >= 4 is 24.3 Å². The first-order valence-corrected chi connectivity index (χ1v) is 6.23. The first-order chi connectivity index (χ1) is 9.04. The minimum atomic E-state index is -0.955. The molecule has 20 heavy (non-hydrogen) atoms. The highest BCUT2D eigenvalue weighted by Gasteiger charge is 2.25. The molecule has 0 saturated heterocycles. The monoisotopic (exact) mass is 301 g/mol. The van der Waals surface area contributed by atoms with Crippen molar-refractivity contribution in [2.24, 2.45) is 11.7 Å². The van der Waals surface area contributed by atoms with E-state index in [1.165, 1.54) is 0 Å². The lowest BCUT2D eigenvalue weighted by Gasteiger charge is -2.16.